The molecule has 0 amide bonds. The monoisotopic (exact) mass is 316 g/mol. The fraction of sp³-hybridized carbons (Fsp3) is 0.200. The maximum Gasteiger partial charge on any atom is 0.171 e. The zero-order valence-corrected chi connectivity index (χ0v) is 11.9. The molecular formula is C15H13BrN2O. The summed E-state index contributed by atoms with van der Waals surface area (Å²) >= 11 is 3.36. The van der Waals surface area contributed by atoms with Gasteiger partial charge in [0, 0.05) is 21.9 Å². The molecule has 0 bridgehead atoms. The number of nitrogens with two attached hydrogens (primary N) is 1. The lowest BCUT2D eigenvalue weighted by Gasteiger charge is -2.10. The Morgan fingerprint density at radius 3 is 3.00 bits per heavy atom. The van der Waals surface area contributed by atoms with Crippen LogP contribution in [0.2, 0.25) is 0 Å². The highest BCUT2D eigenvalue weighted by atomic mass is 79.9. The number of benzene rings is 1. The Bertz CT molecular complexity index is 654. The first kappa shape index (κ1) is 12.4. The van der Waals surface area contributed by atoms with Crippen LogP contribution in [0.25, 0.3) is 0 Å². The van der Waals surface area contributed by atoms with Crippen LogP contribution in [-0.2, 0) is 6.42 Å². The first-order valence-corrected chi connectivity index (χ1v) is 6.99. The molecule has 1 atom stereocenters. The average molecular weight is 317 g/mol. The summed E-state index contributed by atoms with van der Waals surface area (Å²) in [6.07, 6.45) is 3.52. The predicted molar refractivity (Wildman–Crippen MR) is 78.2 cm³/mol. The summed E-state index contributed by atoms with van der Waals surface area (Å²) in [4.78, 5) is 16.9. The molecule has 0 spiro atoms. The molecule has 0 saturated heterocycles. The highest BCUT2D eigenvalue weighted by molar-refractivity contribution is 9.10. The van der Waals surface area contributed by atoms with Gasteiger partial charge in [0.05, 0.1) is 11.6 Å². The molecule has 0 aliphatic heterocycles. The van der Waals surface area contributed by atoms with E-state index in [0.717, 1.165) is 23.0 Å². The van der Waals surface area contributed by atoms with Crippen molar-refractivity contribution in [3.63, 3.8) is 0 Å². The maximum absolute atomic E-state index is 12.6. The Morgan fingerprint density at radius 2 is 2.21 bits per heavy atom. The third-order valence-corrected chi connectivity index (χ3v) is 4.25. The molecule has 1 aliphatic rings. The fourth-order valence-corrected chi connectivity index (χ4v) is 2.93. The van der Waals surface area contributed by atoms with Gasteiger partial charge < -0.3 is 5.73 Å². The Hall–Kier alpha value is -1.68. The number of rotatable bonds is 2. The number of aryl methyl sites for hydroxylation is 1. The molecule has 1 aromatic heterocycles. The van der Waals surface area contributed by atoms with Gasteiger partial charge in [-0.1, -0.05) is 6.07 Å². The number of fused-ring (bicyclic) bond motifs is 1. The molecule has 1 unspecified atom stereocenters. The minimum atomic E-state index is -0.119. The zero-order chi connectivity index (χ0) is 13.4. The number of pyridine rings is 1. The van der Waals surface area contributed by atoms with E-state index in [0.29, 0.717) is 11.3 Å². The highest BCUT2D eigenvalue weighted by Gasteiger charge is 2.30. The number of ketones is 1. The highest BCUT2D eigenvalue weighted by Crippen LogP contribution is 2.34. The molecule has 2 N–H and O–H groups in total. The molecule has 1 heterocycles. The first-order valence-electron chi connectivity index (χ1n) is 6.20. The SMILES string of the molecule is Nc1ccc(C(=O)C2CCc3cccnc32)cc1Br. The van der Waals surface area contributed by atoms with Gasteiger partial charge in [0.25, 0.3) is 0 Å². The van der Waals surface area contributed by atoms with E-state index in [-0.39, 0.29) is 11.7 Å². The van der Waals surface area contributed by atoms with Crippen LogP contribution in [0.15, 0.2) is 41.0 Å². The van der Waals surface area contributed by atoms with E-state index in [1.165, 1.54) is 5.56 Å². The molecule has 0 fully saturated rings. The van der Waals surface area contributed by atoms with Crippen molar-refractivity contribution in [3.05, 3.63) is 57.8 Å². The largest absolute Gasteiger partial charge is 0.398 e. The summed E-state index contributed by atoms with van der Waals surface area (Å²) in [5.74, 6) is 0.00451. The Morgan fingerprint density at radius 1 is 1.37 bits per heavy atom. The van der Waals surface area contributed by atoms with Gasteiger partial charge in [-0.2, -0.15) is 0 Å². The number of carbonyl (C=O) groups excluding carboxylic acids is 1. The van der Waals surface area contributed by atoms with Crippen LogP contribution in [0, 0.1) is 0 Å². The summed E-state index contributed by atoms with van der Waals surface area (Å²) in [6, 6.07) is 9.30. The number of anilines is 1. The van der Waals surface area contributed by atoms with Crippen molar-refractivity contribution in [2.45, 2.75) is 18.8 Å². The van der Waals surface area contributed by atoms with E-state index in [2.05, 4.69) is 27.0 Å². The van der Waals surface area contributed by atoms with E-state index in [1.807, 2.05) is 6.07 Å². The van der Waals surface area contributed by atoms with E-state index < -0.39 is 0 Å². The minimum absolute atomic E-state index is 0.119. The average Bonchev–Trinajstić information content (AvgIpc) is 2.85. The predicted octanol–water partition coefficient (Wildman–Crippen LogP) is 3.34. The lowest BCUT2D eigenvalue weighted by molar-refractivity contribution is 0.0958. The number of hydrogen-bond donors (Lipinski definition) is 1. The summed E-state index contributed by atoms with van der Waals surface area (Å²) in [6.45, 7) is 0. The van der Waals surface area contributed by atoms with Gasteiger partial charge in [-0.3, -0.25) is 9.78 Å². The van der Waals surface area contributed by atoms with Gasteiger partial charge >= 0.3 is 0 Å². The molecule has 3 rings (SSSR count). The van der Waals surface area contributed by atoms with Crippen molar-refractivity contribution in [1.29, 1.82) is 0 Å². The lowest BCUT2D eigenvalue weighted by Crippen LogP contribution is -2.11. The van der Waals surface area contributed by atoms with Crippen LogP contribution in [0.5, 0.6) is 0 Å². The summed E-state index contributed by atoms with van der Waals surface area (Å²) in [7, 11) is 0. The fourth-order valence-electron chi connectivity index (χ4n) is 2.55. The summed E-state index contributed by atoms with van der Waals surface area (Å²) in [5, 5.41) is 0. The van der Waals surface area contributed by atoms with Gasteiger partial charge in [0.1, 0.15) is 0 Å². The van der Waals surface area contributed by atoms with Crippen molar-refractivity contribution < 1.29 is 4.79 Å². The van der Waals surface area contributed by atoms with Gasteiger partial charge in [0.15, 0.2) is 5.78 Å². The summed E-state index contributed by atoms with van der Waals surface area (Å²) in [5.41, 5.74) is 9.19. The number of hydrogen-bond acceptors (Lipinski definition) is 3. The van der Waals surface area contributed by atoms with Gasteiger partial charge in [-0.15, -0.1) is 0 Å². The van der Waals surface area contributed by atoms with Gasteiger partial charge in [0.2, 0.25) is 0 Å². The number of nitrogen functional groups attached to an aromatic ring is 1. The van der Waals surface area contributed by atoms with Crippen LogP contribution < -0.4 is 5.73 Å². The Labute approximate surface area is 120 Å². The first-order chi connectivity index (χ1) is 9.16. The quantitative estimate of drug-likeness (QED) is 0.683. The smallest absolute Gasteiger partial charge is 0.171 e. The second-order valence-corrected chi connectivity index (χ2v) is 5.59. The van der Waals surface area contributed by atoms with Crippen LogP contribution in [0.3, 0.4) is 0 Å². The Kier molecular flexibility index (Phi) is 3.11. The normalized spacial score (nSPS) is 17.2. The van der Waals surface area contributed by atoms with Crippen molar-refractivity contribution in [2.75, 3.05) is 5.73 Å². The Balaban J connectivity index is 1.95. The van der Waals surface area contributed by atoms with E-state index in [9.17, 15) is 4.79 Å². The number of aromatic nitrogens is 1. The van der Waals surface area contributed by atoms with Crippen LogP contribution in [0.1, 0.15) is 34.0 Å². The molecule has 2 aromatic rings. The zero-order valence-electron chi connectivity index (χ0n) is 10.3. The molecule has 19 heavy (non-hydrogen) atoms. The van der Waals surface area contributed by atoms with Crippen LogP contribution in [-0.4, -0.2) is 10.8 Å². The van der Waals surface area contributed by atoms with Crippen LogP contribution >= 0.6 is 15.9 Å². The molecule has 3 nitrogen and oxygen atoms in total. The van der Waals surface area contributed by atoms with Crippen molar-refractivity contribution in [3.8, 4) is 0 Å². The number of nitrogens with zero attached hydrogens (tertiary/aromatic N) is 1. The number of halogens is 1. The van der Waals surface area contributed by atoms with Gasteiger partial charge in [-0.25, -0.2) is 0 Å². The third kappa shape index (κ3) is 2.16. The second kappa shape index (κ2) is 4.78. The van der Waals surface area contributed by atoms with Crippen LogP contribution in [0.4, 0.5) is 5.69 Å². The number of Topliss-reactive ketones (excluding diaryl/α,β-unsaturated/α-hetero) is 1. The minimum Gasteiger partial charge on any atom is -0.398 e. The molecule has 1 aromatic carbocycles. The second-order valence-electron chi connectivity index (χ2n) is 4.74. The van der Waals surface area contributed by atoms with Crippen molar-refractivity contribution in [2.24, 2.45) is 0 Å². The summed E-state index contributed by atoms with van der Waals surface area (Å²) < 4.78 is 0.762. The maximum atomic E-state index is 12.6. The molecule has 0 saturated carbocycles. The molecule has 96 valence electrons. The van der Waals surface area contributed by atoms with E-state index in [1.54, 1.807) is 24.4 Å². The molecule has 4 heteroatoms. The van der Waals surface area contributed by atoms with E-state index in [4.69, 9.17) is 5.73 Å². The van der Waals surface area contributed by atoms with Crippen molar-refractivity contribution in [1.82, 2.24) is 4.98 Å². The molecule has 0 radical (unpaired) electrons. The standard InChI is InChI=1S/C15H13BrN2O/c16-12-8-10(4-6-13(12)17)15(19)11-5-3-9-2-1-7-18-14(9)11/h1-2,4,6-8,11H,3,5,17H2. The molecule has 1 aliphatic carbocycles. The van der Waals surface area contributed by atoms with Crippen molar-refractivity contribution >= 4 is 27.4 Å². The topological polar surface area (TPSA) is 56.0 Å². The van der Waals surface area contributed by atoms with Gasteiger partial charge in [-0.05, 0) is 58.6 Å². The number of carbonyl (C=O) groups is 1. The third-order valence-electron chi connectivity index (χ3n) is 3.56. The molecular weight excluding hydrogens is 304 g/mol. The van der Waals surface area contributed by atoms with E-state index >= 15 is 0 Å². The lowest BCUT2D eigenvalue weighted by atomic mass is 9.95.